The molecule has 2 heterocycles. The van der Waals surface area contributed by atoms with Gasteiger partial charge >= 0.3 is 0 Å². The lowest BCUT2D eigenvalue weighted by molar-refractivity contribution is 0.210. The molecule has 0 radical (unpaired) electrons. The van der Waals surface area contributed by atoms with E-state index in [-0.39, 0.29) is 12.1 Å². The van der Waals surface area contributed by atoms with Crippen LogP contribution in [0.3, 0.4) is 0 Å². The molecular formula is C14H24N2O2S2. The van der Waals surface area contributed by atoms with Gasteiger partial charge in [-0.15, -0.1) is 11.3 Å². The summed E-state index contributed by atoms with van der Waals surface area (Å²) in [5.74, 6) is 0. The fourth-order valence-electron chi connectivity index (χ4n) is 2.85. The summed E-state index contributed by atoms with van der Waals surface area (Å²) in [6, 6.07) is 3.87. The topological polar surface area (TPSA) is 49.4 Å². The summed E-state index contributed by atoms with van der Waals surface area (Å²) < 4.78 is 27.9. The Morgan fingerprint density at radius 2 is 2.20 bits per heavy atom. The lowest BCUT2D eigenvalue weighted by atomic mass is 9.99. The van der Waals surface area contributed by atoms with Gasteiger partial charge < -0.3 is 5.32 Å². The van der Waals surface area contributed by atoms with Crippen LogP contribution in [0.2, 0.25) is 0 Å². The molecule has 1 aliphatic heterocycles. The van der Waals surface area contributed by atoms with Gasteiger partial charge in [0.15, 0.2) is 0 Å². The molecule has 6 heteroatoms. The first kappa shape index (κ1) is 15.9. The molecule has 4 nitrogen and oxygen atoms in total. The van der Waals surface area contributed by atoms with Crippen molar-refractivity contribution in [1.82, 2.24) is 9.62 Å². The number of sulfonamides is 1. The lowest BCUT2D eigenvalue weighted by Gasteiger charge is -2.38. The minimum Gasteiger partial charge on any atom is -0.313 e. The average Bonchev–Trinajstić information content (AvgIpc) is 2.86. The predicted octanol–water partition coefficient (Wildman–Crippen LogP) is 2.60. The molecular weight excluding hydrogens is 292 g/mol. The molecule has 2 atom stereocenters. The van der Waals surface area contributed by atoms with Crippen LogP contribution in [0.4, 0.5) is 0 Å². The number of rotatable bonds is 5. The number of likely N-dealkylation sites (N-methyl/N-ethyl adjacent to an activating group) is 1. The summed E-state index contributed by atoms with van der Waals surface area (Å²) in [6.45, 7) is 7.59. The van der Waals surface area contributed by atoms with Gasteiger partial charge in [-0.2, -0.15) is 4.31 Å². The maximum atomic E-state index is 12.8. The van der Waals surface area contributed by atoms with Gasteiger partial charge in [0.1, 0.15) is 4.21 Å². The van der Waals surface area contributed by atoms with Crippen LogP contribution in [0, 0.1) is 6.92 Å². The largest absolute Gasteiger partial charge is 0.313 e. The van der Waals surface area contributed by atoms with E-state index in [2.05, 4.69) is 19.2 Å². The van der Waals surface area contributed by atoms with Crippen molar-refractivity contribution in [3.8, 4) is 0 Å². The van der Waals surface area contributed by atoms with Gasteiger partial charge in [-0.1, -0.05) is 13.3 Å². The maximum Gasteiger partial charge on any atom is 0.252 e. The molecule has 1 N–H and O–H groups in total. The van der Waals surface area contributed by atoms with E-state index in [1.807, 2.05) is 13.0 Å². The first-order valence-corrected chi connectivity index (χ1v) is 9.54. The molecule has 1 aliphatic rings. The number of hydrogen-bond acceptors (Lipinski definition) is 4. The lowest BCUT2D eigenvalue weighted by Crippen LogP contribution is -2.52. The molecule has 114 valence electrons. The highest BCUT2D eigenvalue weighted by molar-refractivity contribution is 7.91. The Balaban J connectivity index is 2.27. The standard InChI is InChI=1S/C14H24N2O2S2/c1-4-15-12(3)13-7-5-6-10-16(13)20(17,18)14-9-8-11(2)19-14/h8-9,12-13,15H,4-7,10H2,1-3H3. The molecule has 0 bridgehead atoms. The Morgan fingerprint density at radius 1 is 1.45 bits per heavy atom. The number of nitrogens with zero attached hydrogens (tertiary/aromatic N) is 1. The minimum absolute atomic E-state index is 0.0658. The summed E-state index contributed by atoms with van der Waals surface area (Å²) >= 11 is 1.37. The van der Waals surface area contributed by atoms with Crippen molar-refractivity contribution in [2.24, 2.45) is 0 Å². The van der Waals surface area contributed by atoms with Crippen molar-refractivity contribution in [1.29, 1.82) is 0 Å². The minimum atomic E-state index is -3.34. The summed E-state index contributed by atoms with van der Waals surface area (Å²) in [4.78, 5) is 1.04. The maximum absolute atomic E-state index is 12.8. The van der Waals surface area contributed by atoms with E-state index < -0.39 is 10.0 Å². The van der Waals surface area contributed by atoms with E-state index in [1.54, 1.807) is 10.4 Å². The molecule has 1 aromatic heterocycles. The van der Waals surface area contributed by atoms with Crippen LogP contribution in [0.1, 0.15) is 38.0 Å². The molecule has 0 saturated carbocycles. The molecule has 1 saturated heterocycles. The van der Waals surface area contributed by atoms with E-state index >= 15 is 0 Å². The van der Waals surface area contributed by atoms with Crippen molar-refractivity contribution >= 4 is 21.4 Å². The van der Waals surface area contributed by atoms with Crippen molar-refractivity contribution in [3.63, 3.8) is 0 Å². The highest BCUT2D eigenvalue weighted by atomic mass is 32.2. The summed E-state index contributed by atoms with van der Waals surface area (Å²) in [7, 11) is -3.34. The molecule has 0 amide bonds. The molecule has 2 rings (SSSR count). The zero-order chi connectivity index (χ0) is 14.8. The average molecular weight is 316 g/mol. The molecule has 1 aromatic rings. The van der Waals surface area contributed by atoms with E-state index in [0.29, 0.717) is 10.8 Å². The normalized spacial score (nSPS) is 22.9. The number of piperidine rings is 1. The van der Waals surface area contributed by atoms with Crippen LogP contribution in [-0.2, 0) is 10.0 Å². The van der Waals surface area contributed by atoms with Crippen molar-refractivity contribution in [2.75, 3.05) is 13.1 Å². The smallest absolute Gasteiger partial charge is 0.252 e. The molecule has 20 heavy (non-hydrogen) atoms. The third kappa shape index (κ3) is 3.24. The fraction of sp³-hybridized carbons (Fsp3) is 0.714. The van der Waals surface area contributed by atoms with E-state index in [4.69, 9.17) is 0 Å². The van der Waals surface area contributed by atoms with Gasteiger partial charge in [0, 0.05) is 23.5 Å². The fourth-order valence-corrected chi connectivity index (χ4v) is 6.03. The first-order chi connectivity index (χ1) is 9.46. The van der Waals surface area contributed by atoms with E-state index in [0.717, 1.165) is 30.7 Å². The number of aryl methyl sites for hydroxylation is 1. The van der Waals surface area contributed by atoms with Gasteiger partial charge in [0.05, 0.1) is 0 Å². The van der Waals surface area contributed by atoms with Gasteiger partial charge in [0.2, 0.25) is 0 Å². The van der Waals surface area contributed by atoms with Crippen LogP contribution < -0.4 is 5.32 Å². The van der Waals surface area contributed by atoms with E-state index in [1.165, 1.54) is 11.3 Å². The molecule has 1 fully saturated rings. The molecule has 0 aromatic carbocycles. The van der Waals surface area contributed by atoms with Gasteiger partial charge in [-0.25, -0.2) is 8.42 Å². The Hall–Kier alpha value is -0.430. The number of thiophene rings is 1. The monoisotopic (exact) mass is 316 g/mol. The highest BCUT2D eigenvalue weighted by Gasteiger charge is 2.36. The van der Waals surface area contributed by atoms with Gasteiger partial charge in [0.25, 0.3) is 10.0 Å². The summed E-state index contributed by atoms with van der Waals surface area (Å²) in [5.41, 5.74) is 0. The van der Waals surface area contributed by atoms with Crippen molar-refractivity contribution < 1.29 is 8.42 Å². The van der Waals surface area contributed by atoms with Gasteiger partial charge in [-0.3, -0.25) is 0 Å². The second-order valence-electron chi connectivity index (χ2n) is 5.39. The van der Waals surface area contributed by atoms with Gasteiger partial charge in [-0.05, 0) is 45.4 Å². The third-order valence-electron chi connectivity index (χ3n) is 3.88. The first-order valence-electron chi connectivity index (χ1n) is 7.28. The van der Waals surface area contributed by atoms with Crippen LogP contribution in [-0.4, -0.2) is 37.9 Å². The predicted molar refractivity (Wildman–Crippen MR) is 83.7 cm³/mol. The molecule has 2 unspecified atom stereocenters. The zero-order valence-electron chi connectivity index (χ0n) is 12.4. The second-order valence-corrected chi connectivity index (χ2v) is 8.80. The highest BCUT2D eigenvalue weighted by Crippen LogP contribution is 2.30. The van der Waals surface area contributed by atoms with Crippen LogP contribution in [0.5, 0.6) is 0 Å². The Kier molecular flexibility index (Phi) is 5.23. The van der Waals surface area contributed by atoms with Crippen LogP contribution >= 0.6 is 11.3 Å². The van der Waals surface area contributed by atoms with Crippen molar-refractivity contribution in [3.05, 3.63) is 17.0 Å². The second kappa shape index (κ2) is 6.56. The van der Waals surface area contributed by atoms with Crippen LogP contribution in [0.15, 0.2) is 16.3 Å². The Labute approximate surface area is 126 Å². The van der Waals surface area contributed by atoms with E-state index in [9.17, 15) is 8.42 Å². The zero-order valence-corrected chi connectivity index (χ0v) is 14.1. The van der Waals surface area contributed by atoms with Crippen LogP contribution in [0.25, 0.3) is 0 Å². The molecule has 0 spiro atoms. The SMILES string of the molecule is CCNC(C)C1CCCCN1S(=O)(=O)c1ccc(C)s1. The number of nitrogens with one attached hydrogen (secondary N) is 1. The Morgan fingerprint density at radius 3 is 2.80 bits per heavy atom. The number of hydrogen-bond donors (Lipinski definition) is 1. The quantitative estimate of drug-likeness (QED) is 0.908. The van der Waals surface area contributed by atoms with Crippen molar-refractivity contribution in [2.45, 2.75) is 56.3 Å². The molecule has 0 aliphatic carbocycles. The summed E-state index contributed by atoms with van der Waals surface area (Å²) in [6.07, 6.45) is 3.01. The Bertz CT molecular complexity index is 539. The third-order valence-corrected chi connectivity index (χ3v) is 7.27. The summed E-state index contributed by atoms with van der Waals surface area (Å²) in [5, 5.41) is 3.37.